The van der Waals surface area contributed by atoms with E-state index in [1.165, 1.54) is 5.69 Å². The van der Waals surface area contributed by atoms with Crippen LogP contribution in [-0.2, 0) is 13.1 Å². The Balaban J connectivity index is 1.96. The van der Waals surface area contributed by atoms with Crippen molar-refractivity contribution in [3.05, 3.63) is 54.1 Å². The molecular formula is C16H19N5. The van der Waals surface area contributed by atoms with Crippen LogP contribution in [0.2, 0.25) is 0 Å². The van der Waals surface area contributed by atoms with Gasteiger partial charge in [-0.1, -0.05) is 12.1 Å². The normalized spacial score (nSPS) is 11.0. The Morgan fingerprint density at radius 3 is 2.86 bits per heavy atom. The van der Waals surface area contributed by atoms with E-state index in [-0.39, 0.29) is 0 Å². The number of nitrogens with two attached hydrogens (primary N) is 1. The van der Waals surface area contributed by atoms with Gasteiger partial charge in [-0.05, 0) is 32.0 Å². The second kappa shape index (κ2) is 5.44. The van der Waals surface area contributed by atoms with E-state index in [9.17, 15) is 0 Å². The number of benzene rings is 1. The summed E-state index contributed by atoms with van der Waals surface area (Å²) in [4.78, 5) is 4.46. The topological polar surface area (TPSA) is 61.7 Å². The lowest BCUT2D eigenvalue weighted by molar-refractivity contribution is 0.598. The molecule has 2 N–H and O–H groups in total. The Kier molecular flexibility index (Phi) is 3.48. The van der Waals surface area contributed by atoms with E-state index in [4.69, 9.17) is 5.73 Å². The van der Waals surface area contributed by atoms with Gasteiger partial charge in [0, 0.05) is 30.2 Å². The standard InChI is InChI=1S/C16H19N5/c1-3-21-15(9-12(2)19-21)11-20-8-7-18-16(20)13-5-4-6-14(17)10-13/h4-10H,3,11,17H2,1-2H3. The smallest absolute Gasteiger partial charge is 0.140 e. The van der Waals surface area contributed by atoms with Gasteiger partial charge in [0.05, 0.1) is 17.9 Å². The highest BCUT2D eigenvalue weighted by molar-refractivity contribution is 5.61. The molecule has 2 aromatic heterocycles. The first kappa shape index (κ1) is 13.4. The van der Waals surface area contributed by atoms with Crippen molar-refractivity contribution in [2.45, 2.75) is 26.9 Å². The third-order valence-electron chi connectivity index (χ3n) is 3.48. The van der Waals surface area contributed by atoms with E-state index in [1.807, 2.05) is 48.3 Å². The zero-order valence-electron chi connectivity index (χ0n) is 12.3. The highest BCUT2D eigenvalue weighted by atomic mass is 15.3. The van der Waals surface area contributed by atoms with E-state index in [0.717, 1.165) is 35.9 Å². The molecule has 0 fully saturated rings. The fourth-order valence-corrected chi connectivity index (χ4v) is 2.55. The average molecular weight is 281 g/mol. The zero-order chi connectivity index (χ0) is 14.8. The van der Waals surface area contributed by atoms with Gasteiger partial charge in [0.15, 0.2) is 0 Å². The van der Waals surface area contributed by atoms with Gasteiger partial charge in [0.25, 0.3) is 0 Å². The summed E-state index contributed by atoms with van der Waals surface area (Å²) in [5.41, 5.74) is 9.86. The first-order chi connectivity index (χ1) is 10.2. The molecule has 0 aliphatic carbocycles. The third kappa shape index (κ3) is 2.67. The Labute approximate surface area is 124 Å². The predicted octanol–water partition coefficient (Wildman–Crippen LogP) is 2.71. The molecule has 108 valence electrons. The van der Waals surface area contributed by atoms with Crippen molar-refractivity contribution in [1.82, 2.24) is 19.3 Å². The van der Waals surface area contributed by atoms with Crippen LogP contribution in [-0.4, -0.2) is 19.3 Å². The molecule has 5 heteroatoms. The number of rotatable bonds is 4. The van der Waals surface area contributed by atoms with Gasteiger partial charge in [-0.15, -0.1) is 0 Å². The maximum absolute atomic E-state index is 5.87. The third-order valence-corrected chi connectivity index (χ3v) is 3.48. The maximum atomic E-state index is 5.87. The quantitative estimate of drug-likeness (QED) is 0.748. The van der Waals surface area contributed by atoms with Gasteiger partial charge in [-0.2, -0.15) is 5.10 Å². The van der Waals surface area contributed by atoms with Crippen LogP contribution in [0.3, 0.4) is 0 Å². The van der Waals surface area contributed by atoms with Crippen LogP contribution in [0.4, 0.5) is 5.69 Å². The van der Waals surface area contributed by atoms with Gasteiger partial charge in [-0.3, -0.25) is 4.68 Å². The summed E-state index contributed by atoms with van der Waals surface area (Å²) in [5, 5.41) is 4.49. The molecule has 0 saturated carbocycles. The minimum Gasteiger partial charge on any atom is -0.399 e. The van der Waals surface area contributed by atoms with Crippen molar-refractivity contribution in [2.24, 2.45) is 0 Å². The molecule has 0 atom stereocenters. The number of anilines is 1. The molecule has 0 spiro atoms. The lowest BCUT2D eigenvalue weighted by atomic mass is 10.2. The first-order valence-electron chi connectivity index (χ1n) is 7.07. The van der Waals surface area contributed by atoms with E-state index in [2.05, 4.69) is 27.6 Å². The Morgan fingerprint density at radius 2 is 2.10 bits per heavy atom. The summed E-state index contributed by atoms with van der Waals surface area (Å²) in [5.74, 6) is 0.920. The largest absolute Gasteiger partial charge is 0.399 e. The van der Waals surface area contributed by atoms with Crippen LogP contribution < -0.4 is 5.73 Å². The summed E-state index contributed by atoms with van der Waals surface area (Å²) in [6.45, 7) is 5.73. The SMILES string of the molecule is CCn1nc(C)cc1Cn1ccnc1-c1cccc(N)c1. The predicted molar refractivity (Wildman–Crippen MR) is 83.8 cm³/mol. The van der Waals surface area contributed by atoms with E-state index >= 15 is 0 Å². The molecular weight excluding hydrogens is 262 g/mol. The van der Waals surface area contributed by atoms with Crippen molar-refractivity contribution in [2.75, 3.05) is 5.73 Å². The van der Waals surface area contributed by atoms with E-state index in [0.29, 0.717) is 0 Å². The molecule has 1 aromatic carbocycles. The zero-order valence-corrected chi connectivity index (χ0v) is 12.3. The van der Waals surface area contributed by atoms with Gasteiger partial charge in [-0.25, -0.2) is 4.98 Å². The molecule has 0 amide bonds. The van der Waals surface area contributed by atoms with Crippen LogP contribution in [0.5, 0.6) is 0 Å². The summed E-state index contributed by atoms with van der Waals surface area (Å²) in [6, 6.07) is 9.92. The van der Waals surface area contributed by atoms with Crippen molar-refractivity contribution in [1.29, 1.82) is 0 Å². The van der Waals surface area contributed by atoms with Crippen molar-refractivity contribution in [3.8, 4) is 11.4 Å². The number of aromatic nitrogens is 4. The average Bonchev–Trinajstić information content (AvgIpc) is 3.05. The number of imidazole rings is 1. The molecule has 0 radical (unpaired) electrons. The van der Waals surface area contributed by atoms with Gasteiger partial charge in [0.1, 0.15) is 5.82 Å². The van der Waals surface area contributed by atoms with Crippen LogP contribution in [0.15, 0.2) is 42.7 Å². The van der Waals surface area contributed by atoms with Crippen molar-refractivity contribution < 1.29 is 0 Å². The fraction of sp³-hybridized carbons (Fsp3) is 0.250. The summed E-state index contributed by atoms with van der Waals surface area (Å²) >= 11 is 0. The number of hydrogen-bond donors (Lipinski definition) is 1. The molecule has 5 nitrogen and oxygen atoms in total. The van der Waals surface area contributed by atoms with Crippen molar-refractivity contribution >= 4 is 5.69 Å². The molecule has 0 aliphatic heterocycles. The van der Waals surface area contributed by atoms with E-state index < -0.39 is 0 Å². The second-order valence-corrected chi connectivity index (χ2v) is 5.10. The fourth-order valence-electron chi connectivity index (χ4n) is 2.55. The molecule has 0 unspecified atom stereocenters. The minimum absolute atomic E-state index is 0.747. The summed E-state index contributed by atoms with van der Waals surface area (Å²) in [6.07, 6.45) is 3.80. The van der Waals surface area contributed by atoms with Crippen LogP contribution in [0.1, 0.15) is 18.3 Å². The molecule has 3 aromatic rings. The lowest BCUT2D eigenvalue weighted by Gasteiger charge is -2.09. The maximum Gasteiger partial charge on any atom is 0.140 e. The summed E-state index contributed by atoms with van der Waals surface area (Å²) < 4.78 is 4.15. The van der Waals surface area contributed by atoms with Crippen LogP contribution in [0, 0.1) is 6.92 Å². The van der Waals surface area contributed by atoms with E-state index in [1.54, 1.807) is 0 Å². The second-order valence-electron chi connectivity index (χ2n) is 5.10. The Morgan fingerprint density at radius 1 is 1.24 bits per heavy atom. The van der Waals surface area contributed by atoms with Gasteiger partial charge >= 0.3 is 0 Å². The van der Waals surface area contributed by atoms with Gasteiger partial charge in [0.2, 0.25) is 0 Å². The van der Waals surface area contributed by atoms with Crippen LogP contribution >= 0.6 is 0 Å². The Hall–Kier alpha value is -2.56. The van der Waals surface area contributed by atoms with Crippen molar-refractivity contribution in [3.63, 3.8) is 0 Å². The highest BCUT2D eigenvalue weighted by Gasteiger charge is 2.10. The molecule has 0 bridgehead atoms. The highest BCUT2D eigenvalue weighted by Crippen LogP contribution is 2.21. The van der Waals surface area contributed by atoms with Crippen LogP contribution in [0.25, 0.3) is 11.4 Å². The number of aryl methyl sites for hydroxylation is 2. The Bertz CT molecular complexity index is 754. The lowest BCUT2D eigenvalue weighted by Crippen LogP contribution is -2.08. The molecule has 3 rings (SSSR count). The number of hydrogen-bond acceptors (Lipinski definition) is 3. The first-order valence-corrected chi connectivity index (χ1v) is 7.07. The monoisotopic (exact) mass is 281 g/mol. The molecule has 0 saturated heterocycles. The molecule has 0 aliphatic rings. The molecule has 2 heterocycles. The molecule has 21 heavy (non-hydrogen) atoms. The number of nitrogen functional groups attached to an aromatic ring is 1. The van der Waals surface area contributed by atoms with Gasteiger partial charge < -0.3 is 10.3 Å². The number of nitrogens with zero attached hydrogens (tertiary/aromatic N) is 4. The minimum atomic E-state index is 0.747. The summed E-state index contributed by atoms with van der Waals surface area (Å²) in [7, 11) is 0.